The third-order valence-corrected chi connectivity index (χ3v) is 3.98. The topological polar surface area (TPSA) is 28.4 Å². The van der Waals surface area contributed by atoms with Gasteiger partial charge in [-0.25, -0.2) is 0 Å². The summed E-state index contributed by atoms with van der Waals surface area (Å²) >= 11 is 0. The number of unbranched alkanes of at least 4 members (excludes halogenated alkanes) is 1. The zero-order valence-corrected chi connectivity index (χ0v) is 13.6. The van der Waals surface area contributed by atoms with Gasteiger partial charge in [0.25, 0.3) is 0 Å². The first-order valence-corrected chi connectivity index (χ1v) is 8.22. The van der Waals surface area contributed by atoms with Gasteiger partial charge in [0, 0.05) is 17.5 Å². The van der Waals surface area contributed by atoms with Crippen molar-refractivity contribution in [2.45, 2.75) is 46.7 Å². The van der Waals surface area contributed by atoms with Crippen molar-refractivity contribution in [1.82, 2.24) is 10.2 Å². The highest BCUT2D eigenvalue weighted by atomic mass is 16.3. The molecule has 0 saturated heterocycles. The van der Waals surface area contributed by atoms with Gasteiger partial charge < -0.3 is 9.73 Å². The normalized spacial score (nSPS) is 11.6. The van der Waals surface area contributed by atoms with Crippen molar-refractivity contribution in [2.75, 3.05) is 19.6 Å². The van der Waals surface area contributed by atoms with Crippen LogP contribution in [0.2, 0.25) is 0 Å². The van der Waals surface area contributed by atoms with Gasteiger partial charge in [0.05, 0.1) is 6.54 Å². The van der Waals surface area contributed by atoms with Gasteiger partial charge in [-0.15, -0.1) is 0 Å². The number of fused-ring (bicyclic) bond motifs is 1. The summed E-state index contributed by atoms with van der Waals surface area (Å²) < 4.78 is 6.13. The van der Waals surface area contributed by atoms with Crippen LogP contribution in [0.1, 0.15) is 44.9 Å². The highest BCUT2D eigenvalue weighted by Gasteiger charge is 2.15. The molecule has 0 aliphatic rings. The molecule has 2 aromatic rings. The van der Waals surface area contributed by atoms with Crippen LogP contribution >= 0.6 is 0 Å². The van der Waals surface area contributed by atoms with Crippen LogP contribution in [-0.2, 0) is 13.1 Å². The molecule has 1 aromatic heterocycles. The molecule has 0 spiro atoms. The van der Waals surface area contributed by atoms with Crippen molar-refractivity contribution >= 4 is 11.0 Å². The largest absolute Gasteiger partial charge is 0.459 e. The summed E-state index contributed by atoms with van der Waals surface area (Å²) in [5.74, 6) is 1.12. The summed E-state index contributed by atoms with van der Waals surface area (Å²) in [6, 6.07) is 8.36. The smallest absolute Gasteiger partial charge is 0.134 e. The Hall–Kier alpha value is -1.32. The maximum Gasteiger partial charge on any atom is 0.134 e. The molecule has 1 heterocycles. The van der Waals surface area contributed by atoms with Gasteiger partial charge in [-0.2, -0.15) is 0 Å². The number of benzene rings is 1. The fourth-order valence-corrected chi connectivity index (χ4v) is 2.65. The molecule has 0 atom stereocenters. The van der Waals surface area contributed by atoms with Crippen LogP contribution in [0.25, 0.3) is 11.0 Å². The maximum absolute atomic E-state index is 6.13. The van der Waals surface area contributed by atoms with E-state index in [0.717, 1.165) is 44.1 Å². The highest BCUT2D eigenvalue weighted by Crippen LogP contribution is 2.27. The lowest BCUT2D eigenvalue weighted by atomic mass is 10.1. The first-order chi connectivity index (χ1) is 10.3. The first kappa shape index (κ1) is 16.1. The minimum absolute atomic E-state index is 0.883. The summed E-state index contributed by atoms with van der Waals surface area (Å²) in [4.78, 5) is 2.47. The van der Waals surface area contributed by atoms with E-state index in [4.69, 9.17) is 4.42 Å². The number of hydrogen-bond donors (Lipinski definition) is 1. The van der Waals surface area contributed by atoms with Crippen LogP contribution in [0.5, 0.6) is 0 Å². The van der Waals surface area contributed by atoms with Crippen LogP contribution in [0.3, 0.4) is 0 Å². The summed E-state index contributed by atoms with van der Waals surface area (Å²) in [5.41, 5.74) is 2.33. The van der Waals surface area contributed by atoms with Gasteiger partial charge in [0.1, 0.15) is 11.3 Å². The third-order valence-electron chi connectivity index (χ3n) is 3.98. The molecule has 0 unspecified atom stereocenters. The number of rotatable bonds is 9. The van der Waals surface area contributed by atoms with E-state index in [1.165, 1.54) is 23.8 Å². The van der Waals surface area contributed by atoms with E-state index in [1.807, 2.05) is 6.07 Å². The van der Waals surface area contributed by atoms with E-state index in [2.05, 4.69) is 49.2 Å². The van der Waals surface area contributed by atoms with E-state index in [9.17, 15) is 0 Å². The molecule has 3 heteroatoms. The molecule has 0 amide bonds. The fourth-order valence-electron chi connectivity index (χ4n) is 2.65. The van der Waals surface area contributed by atoms with Crippen molar-refractivity contribution in [1.29, 1.82) is 0 Å². The van der Waals surface area contributed by atoms with E-state index in [0.29, 0.717) is 0 Å². The second-order valence-corrected chi connectivity index (χ2v) is 5.50. The average molecular weight is 288 g/mol. The Labute approximate surface area is 128 Å². The maximum atomic E-state index is 6.13. The molecule has 0 fully saturated rings. The quantitative estimate of drug-likeness (QED) is 0.751. The number of nitrogens with zero attached hydrogens (tertiary/aromatic N) is 1. The summed E-state index contributed by atoms with van der Waals surface area (Å²) in [6.45, 7) is 11.6. The van der Waals surface area contributed by atoms with Crippen LogP contribution in [0.4, 0.5) is 0 Å². The Morgan fingerprint density at radius 2 is 1.95 bits per heavy atom. The first-order valence-electron chi connectivity index (χ1n) is 8.22. The molecule has 116 valence electrons. The standard InChI is InChI=1S/C18H28N2O/c1-4-7-12-20(6-3)14-18-16(13-19-5-2)15-10-8-9-11-17(15)21-18/h8-11,19H,4-7,12-14H2,1-3H3. The molecule has 21 heavy (non-hydrogen) atoms. The Morgan fingerprint density at radius 1 is 1.14 bits per heavy atom. The fraction of sp³-hybridized carbons (Fsp3) is 0.556. The lowest BCUT2D eigenvalue weighted by molar-refractivity contribution is 0.253. The van der Waals surface area contributed by atoms with Crippen molar-refractivity contribution in [3.05, 3.63) is 35.6 Å². The molecule has 1 aromatic carbocycles. The van der Waals surface area contributed by atoms with Gasteiger partial charge >= 0.3 is 0 Å². The zero-order chi connectivity index (χ0) is 15.1. The minimum Gasteiger partial charge on any atom is -0.459 e. The van der Waals surface area contributed by atoms with E-state index in [-0.39, 0.29) is 0 Å². The molecule has 3 nitrogen and oxygen atoms in total. The highest BCUT2D eigenvalue weighted by molar-refractivity contribution is 5.82. The second kappa shape index (κ2) is 8.20. The average Bonchev–Trinajstić information content (AvgIpc) is 2.86. The van der Waals surface area contributed by atoms with E-state index >= 15 is 0 Å². The zero-order valence-electron chi connectivity index (χ0n) is 13.6. The predicted molar refractivity (Wildman–Crippen MR) is 89.5 cm³/mol. The molecule has 0 aliphatic carbocycles. The summed E-state index contributed by atoms with van der Waals surface area (Å²) in [6.07, 6.45) is 2.48. The Bertz CT molecular complexity index is 547. The number of furan rings is 1. The molecular weight excluding hydrogens is 260 g/mol. The third kappa shape index (κ3) is 4.08. The SMILES string of the molecule is CCCCN(CC)Cc1oc2ccccc2c1CNCC. The van der Waals surface area contributed by atoms with Crippen molar-refractivity contribution in [3.63, 3.8) is 0 Å². The Morgan fingerprint density at radius 3 is 2.67 bits per heavy atom. The van der Waals surface area contributed by atoms with Gasteiger partial charge in [-0.3, -0.25) is 4.90 Å². The molecule has 0 bridgehead atoms. The van der Waals surface area contributed by atoms with Crippen molar-refractivity contribution < 1.29 is 4.42 Å². The minimum atomic E-state index is 0.883. The van der Waals surface area contributed by atoms with Crippen LogP contribution in [0, 0.1) is 0 Å². The number of hydrogen-bond acceptors (Lipinski definition) is 3. The Balaban J connectivity index is 2.23. The molecule has 0 aliphatic heterocycles. The Kier molecular flexibility index (Phi) is 6.27. The van der Waals surface area contributed by atoms with Crippen LogP contribution < -0.4 is 5.32 Å². The molecule has 2 rings (SSSR count). The van der Waals surface area contributed by atoms with Crippen molar-refractivity contribution in [2.24, 2.45) is 0 Å². The summed E-state index contributed by atoms with van der Waals surface area (Å²) in [5, 5.41) is 4.69. The molecule has 1 N–H and O–H groups in total. The molecule has 0 radical (unpaired) electrons. The van der Waals surface area contributed by atoms with Gasteiger partial charge in [-0.1, -0.05) is 45.4 Å². The molecule has 0 saturated carbocycles. The van der Waals surface area contributed by atoms with Crippen LogP contribution in [-0.4, -0.2) is 24.5 Å². The lowest BCUT2D eigenvalue weighted by Crippen LogP contribution is -2.24. The van der Waals surface area contributed by atoms with Gasteiger partial charge in [0.2, 0.25) is 0 Å². The van der Waals surface area contributed by atoms with Crippen molar-refractivity contribution in [3.8, 4) is 0 Å². The van der Waals surface area contributed by atoms with Crippen LogP contribution in [0.15, 0.2) is 28.7 Å². The van der Waals surface area contributed by atoms with E-state index < -0.39 is 0 Å². The predicted octanol–water partition coefficient (Wildman–Crippen LogP) is 4.16. The number of nitrogens with one attached hydrogen (secondary N) is 1. The lowest BCUT2D eigenvalue weighted by Gasteiger charge is -2.19. The van der Waals surface area contributed by atoms with Gasteiger partial charge in [0.15, 0.2) is 0 Å². The molecular formula is C18H28N2O. The number of para-hydroxylation sites is 1. The summed E-state index contributed by atoms with van der Waals surface area (Å²) in [7, 11) is 0. The second-order valence-electron chi connectivity index (χ2n) is 5.50. The monoisotopic (exact) mass is 288 g/mol. The van der Waals surface area contributed by atoms with Gasteiger partial charge in [-0.05, 0) is 32.1 Å². The van der Waals surface area contributed by atoms with E-state index in [1.54, 1.807) is 0 Å².